The van der Waals surface area contributed by atoms with Crippen LogP contribution in [0.3, 0.4) is 0 Å². The number of nitrogens with one attached hydrogen (secondary N) is 2. The number of para-hydroxylation sites is 1. The average Bonchev–Trinajstić information content (AvgIpc) is 3.33. The molecule has 3 aromatic heterocycles. The lowest BCUT2D eigenvalue weighted by atomic mass is 10.1. The lowest BCUT2D eigenvalue weighted by Gasteiger charge is -2.03. The lowest BCUT2D eigenvalue weighted by molar-refractivity contribution is 0.0956. The Kier molecular flexibility index (Phi) is 4.30. The predicted octanol–water partition coefficient (Wildman–Crippen LogP) is 3.40. The zero-order valence-electron chi connectivity index (χ0n) is 14.6. The molecular weight excluding hydrogens is 346 g/mol. The first-order valence-corrected chi connectivity index (χ1v) is 9.32. The van der Waals surface area contributed by atoms with Crippen molar-refractivity contribution in [2.75, 3.05) is 6.54 Å². The second-order valence-electron chi connectivity index (χ2n) is 6.21. The van der Waals surface area contributed by atoms with E-state index in [0.717, 1.165) is 33.1 Å². The Bertz CT molecular complexity index is 1070. The van der Waals surface area contributed by atoms with Crippen LogP contribution < -0.4 is 5.32 Å². The van der Waals surface area contributed by atoms with Crippen LogP contribution in [0.1, 0.15) is 27.4 Å². The van der Waals surface area contributed by atoms with Gasteiger partial charge in [-0.1, -0.05) is 18.2 Å². The number of amides is 1. The van der Waals surface area contributed by atoms with Gasteiger partial charge in [-0.2, -0.15) is 5.10 Å². The molecule has 132 valence electrons. The monoisotopic (exact) mass is 365 g/mol. The molecular formula is C19H19N5OS. The van der Waals surface area contributed by atoms with Gasteiger partial charge in [-0.05, 0) is 26.0 Å². The molecule has 7 heteroatoms. The van der Waals surface area contributed by atoms with Crippen molar-refractivity contribution in [1.29, 1.82) is 0 Å². The summed E-state index contributed by atoms with van der Waals surface area (Å²) in [5, 5.41) is 11.2. The SMILES string of the molecule is Cc1cc(C)n(-c2nc(CCNC(=O)c3c[nH]c4ccccc34)cs2)n1. The third-order valence-corrected chi connectivity index (χ3v) is 5.10. The van der Waals surface area contributed by atoms with E-state index in [9.17, 15) is 4.79 Å². The highest BCUT2D eigenvalue weighted by atomic mass is 32.1. The summed E-state index contributed by atoms with van der Waals surface area (Å²) in [7, 11) is 0. The lowest BCUT2D eigenvalue weighted by Crippen LogP contribution is -2.25. The van der Waals surface area contributed by atoms with Crippen LogP contribution >= 0.6 is 11.3 Å². The van der Waals surface area contributed by atoms with Crippen LogP contribution in [0.5, 0.6) is 0 Å². The highest BCUT2D eigenvalue weighted by Gasteiger charge is 2.12. The Morgan fingerprint density at radius 1 is 1.31 bits per heavy atom. The van der Waals surface area contributed by atoms with E-state index in [1.165, 1.54) is 0 Å². The number of carbonyl (C=O) groups is 1. The first-order chi connectivity index (χ1) is 12.6. The molecule has 0 fully saturated rings. The van der Waals surface area contributed by atoms with E-state index in [1.807, 2.05) is 54.2 Å². The second kappa shape index (κ2) is 6.76. The van der Waals surface area contributed by atoms with E-state index >= 15 is 0 Å². The molecule has 0 bridgehead atoms. The minimum atomic E-state index is -0.0727. The smallest absolute Gasteiger partial charge is 0.253 e. The Labute approximate surface area is 154 Å². The molecule has 0 radical (unpaired) electrons. The van der Waals surface area contributed by atoms with Gasteiger partial charge in [0.25, 0.3) is 5.91 Å². The molecule has 0 aliphatic carbocycles. The first-order valence-electron chi connectivity index (χ1n) is 8.44. The zero-order valence-corrected chi connectivity index (χ0v) is 15.4. The van der Waals surface area contributed by atoms with E-state index in [-0.39, 0.29) is 5.91 Å². The van der Waals surface area contributed by atoms with Gasteiger partial charge in [0.15, 0.2) is 0 Å². The van der Waals surface area contributed by atoms with Crippen LogP contribution in [0.2, 0.25) is 0 Å². The molecule has 3 heterocycles. The molecule has 2 N–H and O–H groups in total. The fourth-order valence-electron chi connectivity index (χ4n) is 2.99. The average molecular weight is 365 g/mol. The maximum absolute atomic E-state index is 12.4. The number of aromatic amines is 1. The third kappa shape index (κ3) is 3.13. The number of aryl methyl sites for hydroxylation is 2. The molecule has 4 aromatic rings. The van der Waals surface area contributed by atoms with Gasteiger partial charge in [-0.25, -0.2) is 9.67 Å². The summed E-state index contributed by atoms with van der Waals surface area (Å²) < 4.78 is 1.86. The summed E-state index contributed by atoms with van der Waals surface area (Å²) in [6.45, 7) is 4.53. The normalized spacial score (nSPS) is 11.2. The number of hydrogen-bond acceptors (Lipinski definition) is 4. The number of aromatic nitrogens is 4. The first kappa shape index (κ1) is 16.5. The minimum Gasteiger partial charge on any atom is -0.360 e. The number of thiazole rings is 1. The van der Waals surface area contributed by atoms with Crippen molar-refractivity contribution < 1.29 is 4.79 Å². The van der Waals surface area contributed by atoms with Gasteiger partial charge in [-0.3, -0.25) is 4.79 Å². The Morgan fingerprint density at radius 2 is 2.15 bits per heavy atom. The molecule has 1 aromatic carbocycles. The number of rotatable bonds is 5. The molecule has 0 atom stereocenters. The number of hydrogen-bond donors (Lipinski definition) is 2. The molecule has 4 rings (SSSR count). The molecule has 0 saturated carbocycles. The highest BCUT2D eigenvalue weighted by molar-refractivity contribution is 7.12. The molecule has 0 aliphatic heterocycles. The number of fused-ring (bicyclic) bond motifs is 1. The molecule has 0 unspecified atom stereocenters. The van der Waals surface area contributed by atoms with E-state index in [0.29, 0.717) is 18.5 Å². The molecule has 0 saturated heterocycles. The van der Waals surface area contributed by atoms with Crippen molar-refractivity contribution in [2.45, 2.75) is 20.3 Å². The maximum Gasteiger partial charge on any atom is 0.253 e. The van der Waals surface area contributed by atoms with E-state index < -0.39 is 0 Å². The van der Waals surface area contributed by atoms with Crippen LogP contribution in [0.15, 0.2) is 41.9 Å². The largest absolute Gasteiger partial charge is 0.360 e. The standard InChI is InChI=1S/C19H19N5OS/c1-12-9-13(2)24(23-12)19-22-14(11-26-19)7-8-20-18(25)16-10-21-17-6-4-3-5-15(16)17/h3-6,9-11,21H,7-8H2,1-2H3,(H,20,25). The van der Waals surface area contributed by atoms with Gasteiger partial charge in [0.2, 0.25) is 5.13 Å². The topological polar surface area (TPSA) is 75.6 Å². The predicted molar refractivity (Wildman–Crippen MR) is 103 cm³/mol. The van der Waals surface area contributed by atoms with E-state index in [2.05, 4.69) is 20.4 Å². The minimum absolute atomic E-state index is 0.0727. The van der Waals surface area contributed by atoms with Crippen molar-refractivity contribution in [1.82, 2.24) is 25.1 Å². The van der Waals surface area contributed by atoms with Crippen molar-refractivity contribution >= 4 is 28.1 Å². The Morgan fingerprint density at radius 3 is 2.96 bits per heavy atom. The zero-order chi connectivity index (χ0) is 18.1. The molecule has 6 nitrogen and oxygen atoms in total. The fraction of sp³-hybridized carbons (Fsp3) is 0.211. The van der Waals surface area contributed by atoms with Gasteiger partial charge in [0.05, 0.1) is 17.0 Å². The van der Waals surface area contributed by atoms with Crippen LogP contribution in [0.25, 0.3) is 16.0 Å². The van der Waals surface area contributed by atoms with Crippen LogP contribution in [-0.4, -0.2) is 32.2 Å². The van der Waals surface area contributed by atoms with Crippen LogP contribution in [0.4, 0.5) is 0 Å². The summed E-state index contributed by atoms with van der Waals surface area (Å²) in [6.07, 6.45) is 2.44. The molecule has 0 spiro atoms. The Hall–Kier alpha value is -2.93. The second-order valence-corrected chi connectivity index (χ2v) is 7.05. The van der Waals surface area contributed by atoms with Gasteiger partial charge in [0, 0.05) is 41.1 Å². The Balaban J connectivity index is 1.39. The van der Waals surface area contributed by atoms with E-state index in [1.54, 1.807) is 17.5 Å². The van der Waals surface area contributed by atoms with Gasteiger partial charge < -0.3 is 10.3 Å². The van der Waals surface area contributed by atoms with Crippen LogP contribution in [0, 0.1) is 13.8 Å². The fourth-order valence-corrected chi connectivity index (χ4v) is 3.86. The summed E-state index contributed by atoms with van der Waals surface area (Å²) in [5.41, 5.74) is 4.63. The third-order valence-electron chi connectivity index (χ3n) is 4.23. The van der Waals surface area contributed by atoms with Gasteiger partial charge >= 0.3 is 0 Å². The quantitative estimate of drug-likeness (QED) is 0.569. The van der Waals surface area contributed by atoms with Gasteiger partial charge in [-0.15, -0.1) is 11.3 Å². The van der Waals surface area contributed by atoms with Gasteiger partial charge in [0.1, 0.15) is 0 Å². The van der Waals surface area contributed by atoms with E-state index in [4.69, 9.17) is 0 Å². The van der Waals surface area contributed by atoms with Crippen LogP contribution in [-0.2, 0) is 6.42 Å². The van der Waals surface area contributed by atoms with Crippen molar-refractivity contribution in [3.8, 4) is 5.13 Å². The molecule has 0 aliphatic rings. The maximum atomic E-state index is 12.4. The number of carbonyl (C=O) groups excluding carboxylic acids is 1. The number of benzene rings is 1. The summed E-state index contributed by atoms with van der Waals surface area (Å²) >= 11 is 1.56. The molecule has 1 amide bonds. The molecule has 26 heavy (non-hydrogen) atoms. The number of H-pyrrole nitrogens is 1. The summed E-state index contributed by atoms with van der Waals surface area (Å²) in [4.78, 5) is 20.2. The number of nitrogens with zero attached hydrogens (tertiary/aromatic N) is 3. The summed E-state index contributed by atoms with van der Waals surface area (Å²) in [6, 6.07) is 9.82. The van der Waals surface area contributed by atoms with Crippen molar-refractivity contribution in [3.05, 3.63) is 64.6 Å². The van der Waals surface area contributed by atoms with Crippen molar-refractivity contribution in [3.63, 3.8) is 0 Å². The van der Waals surface area contributed by atoms with Crippen molar-refractivity contribution in [2.24, 2.45) is 0 Å². The summed E-state index contributed by atoms with van der Waals surface area (Å²) in [5.74, 6) is -0.0727. The highest BCUT2D eigenvalue weighted by Crippen LogP contribution is 2.18.